The van der Waals surface area contributed by atoms with Crippen molar-refractivity contribution in [2.75, 3.05) is 0 Å². The van der Waals surface area contributed by atoms with Crippen molar-refractivity contribution in [2.45, 2.75) is 46.5 Å². The smallest absolute Gasteiger partial charge is 0.0923 e. The maximum absolute atomic E-state index is 4.40. The van der Waals surface area contributed by atoms with Gasteiger partial charge in [0.05, 0.1) is 12.0 Å². The lowest BCUT2D eigenvalue weighted by Gasteiger charge is -2.23. The molecule has 0 saturated heterocycles. The van der Waals surface area contributed by atoms with Gasteiger partial charge in [0.2, 0.25) is 0 Å². The molecule has 1 aromatic heterocycles. The minimum absolute atomic E-state index is 0.404. The molecule has 0 saturated carbocycles. The van der Waals surface area contributed by atoms with Crippen molar-refractivity contribution in [1.82, 2.24) is 9.97 Å². The Labute approximate surface area is 145 Å². The topological polar surface area (TPSA) is 28.7 Å². The third-order valence-corrected chi connectivity index (χ3v) is 5.29. The summed E-state index contributed by atoms with van der Waals surface area (Å²) >= 11 is 0. The van der Waals surface area contributed by atoms with Crippen molar-refractivity contribution in [3.63, 3.8) is 0 Å². The summed E-state index contributed by atoms with van der Waals surface area (Å²) in [6.45, 7) is 8.90. The third kappa shape index (κ3) is 3.28. The first-order valence-corrected chi connectivity index (χ1v) is 8.68. The Balaban J connectivity index is 2.03. The van der Waals surface area contributed by atoms with E-state index in [0.29, 0.717) is 5.92 Å². The molecule has 0 amide bonds. The predicted octanol–water partition coefficient (Wildman–Crippen LogP) is 5.41. The second-order valence-corrected chi connectivity index (χ2v) is 6.73. The van der Waals surface area contributed by atoms with Crippen molar-refractivity contribution < 1.29 is 0 Å². The van der Waals surface area contributed by atoms with Gasteiger partial charge in [0.25, 0.3) is 0 Å². The summed E-state index contributed by atoms with van der Waals surface area (Å²) in [4.78, 5) is 7.46. The summed E-state index contributed by atoms with van der Waals surface area (Å²) < 4.78 is 0. The summed E-state index contributed by atoms with van der Waals surface area (Å²) in [5.74, 6) is 0.404. The summed E-state index contributed by atoms with van der Waals surface area (Å²) in [6.07, 6.45) is 5.82. The van der Waals surface area contributed by atoms with Crippen LogP contribution in [-0.2, 0) is 6.42 Å². The van der Waals surface area contributed by atoms with E-state index >= 15 is 0 Å². The van der Waals surface area contributed by atoms with Gasteiger partial charge in [-0.25, -0.2) is 4.98 Å². The average Bonchev–Trinajstić information content (AvgIpc) is 3.08. The van der Waals surface area contributed by atoms with Crippen LogP contribution >= 0.6 is 0 Å². The molecule has 0 aliphatic rings. The number of aromatic nitrogens is 2. The first-order chi connectivity index (χ1) is 11.6. The number of imidazole rings is 1. The van der Waals surface area contributed by atoms with Gasteiger partial charge in [-0.05, 0) is 73.9 Å². The van der Waals surface area contributed by atoms with Crippen LogP contribution in [-0.4, -0.2) is 9.97 Å². The fourth-order valence-electron chi connectivity index (χ4n) is 3.50. The highest BCUT2D eigenvalue weighted by Gasteiger charge is 2.19. The van der Waals surface area contributed by atoms with Crippen LogP contribution in [0.1, 0.15) is 51.4 Å². The summed E-state index contributed by atoms with van der Waals surface area (Å²) in [5, 5.41) is 0. The minimum atomic E-state index is 0.404. The maximum Gasteiger partial charge on any atom is 0.0923 e. The van der Waals surface area contributed by atoms with Crippen molar-refractivity contribution in [1.29, 1.82) is 0 Å². The van der Waals surface area contributed by atoms with Crippen molar-refractivity contribution in [3.8, 4) is 0 Å². The monoisotopic (exact) mass is 318 g/mol. The Morgan fingerprint density at radius 2 is 1.46 bits per heavy atom. The van der Waals surface area contributed by atoms with Gasteiger partial charge in [0, 0.05) is 12.1 Å². The average molecular weight is 318 g/mol. The number of hydrogen-bond acceptors (Lipinski definition) is 1. The molecule has 0 aliphatic heterocycles. The van der Waals surface area contributed by atoms with E-state index in [0.717, 1.165) is 18.5 Å². The van der Waals surface area contributed by atoms with Gasteiger partial charge in [-0.3, -0.25) is 0 Å². The molecular formula is C22H26N2. The quantitative estimate of drug-likeness (QED) is 0.669. The molecule has 0 radical (unpaired) electrons. The molecule has 0 fully saturated rings. The van der Waals surface area contributed by atoms with E-state index in [-0.39, 0.29) is 0 Å². The zero-order chi connectivity index (χ0) is 17.1. The van der Waals surface area contributed by atoms with Crippen LogP contribution in [0.15, 0.2) is 48.9 Å². The van der Waals surface area contributed by atoms with Crippen LogP contribution < -0.4 is 0 Å². The molecular weight excluding hydrogens is 292 g/mol. The Hall–Kier alpha value is -2.35. The second kappa shape index (κ2) is 7.04. The molecule has 3 aromatic rings. The highest BCUT2D eigenvalue weighted by Crippen LogP contribution is 2.35. The van der Waals surface area contributed by atoms with Crippen molar-refractivity contribution in [3.05, 3.63) is 88.0 Å². The molecule has 2 heteroatoms. The Bertz CT molecular complexity index is 764. The predicted molar refractivity (Wildman–Crippen MR) is 101 cm³/mol. The number of hydrogen-bond donors (Lipinski definition) is 1. The summed E-state index contributed by atoms with van der Waals surface area (Å²) in [5.41, 5.74) is 9.56. The Kier molecular flexibility index (Phi) is 4.84. The van der Waals surface area contributed by atoms with Gasteiger partial charge in [-0.15, -0.1) is 0 Å². The van der Waals surface area contributed by atoms with Crippen LogP contribution in [0.25, 0.3) is 0 Å². The normalized spacial score (nSPS) is 11.2. The number of rotatable bonds is 5. The Morgan fingerprint density at radius 1 is 0.875 bits per heavy atom. The standard InChI is InChI=1S/C22H26N2/c1-15-7-5-9-20(17(15)3)22(12-11-19-13-23-14-24-19)21-10-6-8-16(2)18(21)4/h5-10,13-14,22H,11-12H2,1-4H3,(H,23,24). The molecule has 0 atom stereocenters. The molecule has 2 aromatic carbocycles. The van der Waals surface area contributed by atoms with Gasteiger partial charge in [-0.1, -0.05) is 36.4 Å². The third-order valence-electron chi connectivity index (χ3n) is 5.29. The second-order valence-electron chi connectivity index (χ2n) is 6.73. The number of benzene rings is 2. The van der Waals surface area contributed by atoms with Crippen molar-refractivity contribution >= 4 is 0 Å². The molecule has 124 valence electrons. The van der Waals surface area contributed by atoms with E-state index in [9.17, 15) is 0 Å². The number of aromatic amines is 1. The van der Waals surface area contributed by atoms with Gasteiger partial charge in [0.15, 0.2) is 0 Å². The zero-order valence-electron chi connectivity index (χ0n) is 15.1. The fraction of sp³-hybridized carbons (Fsp3) is 0.318. The largest absolute Gasteiger partial charge is 0.351 e. The van der Waals surface area contributed by atoms with Crippen LogP contribution in [0.5, 0.6) is 0 Å². The van der Waals surface area contributed by atoms with Gasteiger partial charge < -0.3 is 4.98 Å². The highest BCUT2D eigenvalue weighted by atomic mass is 14.9. The van der Waals surface area contributed by atoms with E-state index in [2.05, 4.69) is 74.1 Å². The van der Waals surface area contributed by atoms with Gasteiger partial charge in [-0.2, -0.15) is 0 Å². The molecule has 0 bridgehead atoms. The maximum atomic E-state index is 4.40. The first-order valence-electron chi connectivity index (χ1n) is 8.68. The molecule has 2 nitrogen and oxygen atoms in total. The lowest BCUT2D eigenvalue weighted by atomic mass is 9.81. The minimum Gasteiger partial charge on any atom is -0.351 e. The first kappa shape index (κ1) is 16.5. The number of nitrogens with one attached hydrogen (secondary N) is 1. The molecule has 0 unspecified atom stereocenters. The van der Waals surface area contributed by atoms with E-state index in [1.165, 1.54) is 33.4 Å². The molecule has 0 aliphatic carbocycles. The van der Waals surface area contributed by atoms with Gasteiger partial charge in [0.1, 0.15) is 0 Å². The van der Waals surface area contributed by atoms with E-state index in [1.54, 1.807) is 6.33 Å². The van der Waals surface area contributed by atoms with Crippen LogP contribution in [0.4, 0.5) is 0 Å². The zero-order valence-corrected chi connectivity index (χ0v) is 15.1. The lowest BCUT2D eigenvalue weighted by Crippen LogP contribution is -2.08. The number of H-pyrrole nitrogens is 1. The van der Waals surface area contributed by atoms with Crippen LogP contribution in [0, 0.1) is 27.7 Å². The molecule has 24 heavy (non-hydrogen) atoms. The van der Waals surface area contributed by atoms with E-state index in [4.69, 9.17) is 0 Å². The fourth-order valence-corrected chi connectivity index (χ4v) is 3.50. The van der Waals surface area contributed by atoms with Gasteiger partial charge >= 0.3 is 0 Å². The van der Waals surface area contributed by atoms with E-state index < -0.39 is 0 Å². The molecule has 3 rings (SSSR count). The van der Waals surface area contributed by atoms with Crippen molar-refractivity contribution in [2.24, 2.45) is 0 Å². The van der Waals surface area contributed by atoms with Crippen LogP contribution in [0.2, 0.25) is 0 Å². The molecule has 1 heterocycles. The molecule has 0 spiro atoms. The number of aryl methyl sites for hydroxylation is 3. The summed E-state index contributed by atoms with van der Waals surface area (Å²) in [7, 11) is 0. The van der Waals surface area contributed by atoms with E-state index in [1.807, 2.05) is 6.20 Å². The number of nitrogens with zero attached hydrogens (tertiary/aromatic N) is 1. The van der Waals surface area contributed by atoms with Crippen LogP contribution in [0.3, 0.4) is 0 Å². The SMILES string of the molecule is Cc1cccc(C(CCc2c[nH]cn2)c2cccc(C)c2C)c1C. The Morgan fingerprint density at radius 3 is 1.96 bits per heavy atom. The summed E-state index contributed by atoms with van der Waals surface area (Å²) in [6, 6.07) is 13.4. The highest BCUT2D eigenvalue weighted by molar-refractivity contribution is 5.45. The lowest BCUT2D eigenvalue weighted by molar-refractivity contribution is 0.697. The molecule has 1 N–H and O–H groups in total.